The van der Waals surface area contributed by atoms with Gasteiger partial charge in [0.1, 0.15) is 13.2 Å². The molecule has 0 saturated heterocycles. The molecule has 0 amide bonds. The maximum atomic E-state index is 12.9. The first-order valence-electron chi connectivity index (χ1n) is 33.9. The van der Waals surface area contributed by atoms with E-state index in [2.05, 4.69) is 130 Å². The van der Waals surface area contributed by atoms with Crippen LogP contribution in [0.25, 0.3) is 0 Å². The van der Waals surface area contributed by atoms with E-state index < -0.39 is 6.10 Å². The summed E-state index contributed by atoms with van der Waals surface area (Å²) in [7, 11) is 0. The molecule has 0 spiro atoms. The summed E-state index contributed by atoms with van der Waals surface area (Å²) in [4.78, 5) is 38.4. The molecule has 80 heavy (non-hydrogen) atoms. The first-order valence-corrected chi connectivity index (χ1v) is 33.9. The standard InChI is InChI=1S/C74H126O6/c1-4-7-10-13-16-19-22-25-28-31-33-35-36-37-38-40-41-43-46-49-52-55-58-61-64-67-73(76)79-70-71(69-78-72(75)66-63-60-57-54-51-48-45-30-27-24-21-18-15-12-9-6-3)80-74(77)68-65-62-59-56-53-50-47-44-42-39-34-32-29-26-23-20-17-14-11-8-5-2/h8,11,17,20-22,24-26,29-31,33-34,39,44-45,47,71H,4-7,9-10,12-16,18-19,23,27-28,32,35-38,40-43,46,48-70H2,1-3H3/b11-8-,20-17-,24-21-,25-22-,29-26-,33-31-,39-34-,45-30-,47-44-. The van der Waals surface area contributed by atoms with E-state index in [1.807, 2.05) is 0 Å². The third kappa shape index (κ3) is 64.9. The van der Waals surface area contributed by atoms with Crippen molar-refractivity contribution in [1.29, 1.82) is 0 Å². The van der Waals surface area contributed by atoms with Crippen molar-refractivity contribution in [2.75, 3.05) is 13.2 Å². The molecule has 0 rings (SSSR count). The van der Waals surface area contributed by atoms with Crippen LogP contribution < -0.4 is 0 Å². The summed E-state index contributed by atoms with van der Waals surface area (Å²) >= 11 is 0. The molecule has 0 heterocycles. The average molecular weight is 1110 g/mol. The fourth-order valence-electron chi connectivity index (χ4n) is 9.41. The lowest BCUT2D eigenvalue weighted by Crippen LogP contribution is -2.30. The lowest BCUT2D eigenvalue weighted by molar-refractivity contribution is -0.167. The Morgan fingerprint density at radius 1 is 0.263 bits per heavy atom. The number of carbonyl (C=O) groups excluding carboxylic acids is 3. The number of carbonyl (C=O) groups is 3. The maximum absolute atomic E-state index is 12.9. The van der Waals surface area contributed by atoms with Crippen LogP contribution in [0.1, 0.15) is 323 Å². The second-order valence-corrected chi connectivity index (χ2v) is 22.3. The molecule has 0 radical (unpaired) electrons. The third-order valence-corrected chi connectivity index (χ3v) is 14.5. The van der Waals surface area contributed by atoms with Crippen LogP contribution in [-0.4, -0.2) is 37.2 Å². The summed E-state index contributed by atoms with van der Waals surface area (Å²) in [5, 5.41) is 0. The van der Waals surface area contributed by atoms with Crippen molar-refractivity contribution < 1.29 is 28.6 Å². The highest BCUT2D eigenvalue weighted by Crippen LogP contribution is 2.16. The van der Waals surface area contributed by atoms with E-state index in [4.69, 9.17) is 14.2 Å². The van der Waals surface area contributed by atoms with E-state index in [0.717, 1.165) is 141 Å². The van der Waals surface area contributed by atoms with Crippen LogP contribution in [0.2, 0.25) is 0 Å². The Morgan fingerprint density at radius 3 is 0.775 bits per heavy atom. The van der Waals surface area contributed by atoms with Gasteiger partial charge in [0.2, 0.25) is 0 Å². The van der Waals surface area contributed by atoms with E-state index in [-0.39, 0.29) is 31.1 Å². The number of ether oxygens (including phenoxy) is 3. The molecule has 1 unspecified atom stereocenters. The SMILES string of the molecule is CC/C=C\C/C=C\C/C=C\C/C=C\C/C=C\CCCCCCCC(=O)OC(COC(=O)CCCCCCC/C=C\C/C=C\CCCCCC)COC(=O)CCCCCCCCCCCCCCC/C=C\C/C=C\CCCCCCC. The fraction of sp³-hybridized carbons (Fsp3) is 0.716. The van der Waals surface area contributed by atoms with Gasteiger partial charge in [-0.2, -0.15) is 0 Å². The van der Waals surface area contributed by atoms with Crippen molar-refractivity contribution in [2.24, 2.45) is 0 Å². The van der Waals surface area contributed by atoms with Crippen molar-refractivity contribution in [1.82, 2.24) is 0 Å². The highest BCUT2D eigenvalue weighted by atomic mass is 16.6. The summed E-state index contributed by atoms with van der Waals surface area (Å²) in [5.74, 6) is -0.915. The topological polar surface area (TPSA) is 78.9 Å². The molecule has 6 nitrogen and oxygen atoms in total. The van der Waals surface area contributed by atoms with Gasteiger partial charge in [-0.15, -0.1) is 0 Å². The zero-order valence-corrected chi connectivity index (χ0v) is 52.6. The molecule has 0 aliphatic carbocycles. The van der Waals surface area contributed by atoms with Gasteiger partial charge in [-0.25, -0.2) is 0 Å². The number of unbranched alkanes of at least 4 members (excludes halogenated alkanes) is 32. The Bertz CT molecular complexity index is 1610. The van der Waals surface area contributed by atoms with Crippen LogP contribution in [0.4, 0.5) is 0 Å². The van der Waals surface area contributed by atoms with Gasteiger partial charge in [-0.05, 0) is 128 Å². The van der Waals surface area contributed by atoms with Crippen LogP contribution >= 0.6 is 0 Å². The molecule has 0 aromatic carbocycles. The average Bonchev–Trinajstić information content (AvgIpc) is 3.46. The summed E-state index contributed by atoms with van der Waals surface area (Å²) < 4.78 is 16.9. The van der Waals surface area contributed by atoms with Gasteiger partial charge in [-0.1, -0.05) is 284 Å². The van der Waals surface area contributed by atoms with Gasteiger partial charge in [0.05, 0.1) is 0 Å². The Labute approximate surface area is 495 Å². The molecule has 0 aliphatic rings. The molecule has 0 N–H and O–H groups in total. The Morgan fingerprint density at radius 2 is 0.487 bits per heavy atom. The van der Waals surface area contributed by atoms with Gasteiger partial charge in [0.15, 0.2) is 6.10 Å². The van der Waals surface area contributed by atoms with Crippen LogP contribution in [0, 0.1) is 0 Å². The fourth-order valence-corrected chi connectivity index (χ4v) is 9.41. The third-order valence-electron chi connectivity index (χ3n) is 14.5. The summed E-state index contributed by atoms with van der Waals surface area (Å²) in [5.41, 5.74) is 0. The number of esters is 3. The molecular formula is C74H126O6. The van der Waals surface area contributed by atoms with Gasteiger partial charge in [0.25, 0.3) is 0 Å². The minimum Gasteiger partial charge on any atom is -0.462 e. The zero-order valence-electron chi connectivity index (χ0n) is 52.6. The molecule has 0 fully saturated rings. The zero-order chi connectivity index (χ0) is 57.8. The lowest BCUT2D eigenvalue weighted by Gasteiger charge is -2.18. The van der Waals surface area contributed by atoms with Crippen molar-refractivity contribution >= 4 is 17.9 Å². The van der Waals surface area contributed by atoms with Crippen LogP contribution in [0.15, 0.2) is 109 Å². The maximum Gasteiger partial charge on any atom is 0.306 e. The van der Waals surface area contributed by atoms with Gasteiger partial charge < -0.3 is 14.2 Å². The number of allylic oxidation sites excluding steroid dienone is 18. The number of hydrogen-bond acceptors (Lipinski definition) is 6. The van der Waals surface area contributed by atoms with E-state index in [1.165, 1.54) is 141 Å². The molecule has 0 saturated carbocycles. The largest absolute Gasteiger partial charge is 0.462 e. The van der Waals surface area contributed by atoms with Crippen LogP contribution in [-0.2, 0) is 28.6 Å². The molecule has 0 aromatic rings. The van der Waals surface area contributed by atoms with Crippen molar-refractivity contribution in [3.05, 3.63) is 109 Å². The monoisotopic (exact) mass is 1110 g/mol. The number of hydrogen-bond donors (Lipinski definition) is 0. The number of rotatable bonds is 61. The van der Waals surface area contributed by atoms with E-state index >= 15 is 0 Å². The smallest absolute Gasteiger partial charge is 0.306 e. The molecular weight excluding hydrogens is 985 g/mol. The van der Waals surface area contributed by atoms with Gasteiger partial charge in [-0.3, -0.25) is 14.4 Å². The van der Waals surface area contributed by atoms with Gasteiger partial charge in [0, 0.05) is 19.3 Å². The lowest BCUT2D eigenvalue weighted by atomic mass is 10.0. The molecule has 0 aromatic heterocycles. The Kier molecular flexibility index (Phi) is 64.3. The highest BCUT2D eigenvalue weighted by Gasteiger charge is 2.19. The minimum atomic E-state index is -0.798. The van der Waals surface area contributed by atoms with Crippen molar-refractivity contribution in [3.8, 4) is 0 Å². The second kappa shape index (κ2) is 67.6. The molecule has 458 valence electrons. The Hall–Kier alpha value is -3.93. The molecule has 0 aliphatic heterocycles. The summed E-state index contributed by atoms with van der Waals surface area (Å²) in [6, 6.07) is 0. The summed E-state index contributed by atoms with van der Waals surface area (Å²) in [6.45, 7) is 6.50. The van der Waals surface area contributed by atoms with E-state index in [9.17, 15) is 14.4 Å². The van der Waals surface area contributed by atoms with Crippen molar-refractivity contribution in [3.63, 3.8) is 0 Å². The Balaban J connectivity index is 4.40. The molecule has 6 heteroatoms. The van der Waals surface area contributed by atoms with E-state index in [1.54, 1.807) is 0 Å². The predicted molar refractivity (Wildman–Crippen MR) is 348 cm³/mol. The van der Waals surface area contributed by atoms with Crippen LogP contribution in [0.3, 0.4) is 0 Å². The highest BCUT2D eigenvalue weighted by molar-refractivity contribution is 5.71. The normalized spacial score (nSPS) is 12.8. The predicted octanol–water partition coefficient (Wildman–Crippen LogP) is 23.4. The molecule has 0 bridgehead atoms. The van der Waals surface area contributed by atoms with E-state index in [0.29, 0.717) is 19.3 Å². The first-order chi connectivity index (χ1) is 39.5. The summed E-state index contributed by atoms with van der Waals surface area (Å²) in [6.07, 6.45) is 92.4. The second-order valence-electron chi connectivity index (χ2n) is 22.3. The minimum absolute atomic E-state index is 0.0910. The quantitative estimate of drug-likeness (QED) is 0.0261. The van der Waals surface area contributed by atoms with Gasteiger partial charge >= 0.3 is 17.9 Å². The van der Waals surface area contributed by atoms with Crippen LogP contribution in [0.5, 0.6) is 0 Å². The van der Waals surface area contributed by atoms with Crippen molar-refractivity contribution in [2.45, 2.75) is 329 Å². The first kappa shape index (κ1) is 76.1. The molecule has 1 atom stereocenters.